The molecule has 0 radical (unpaired) electrons. The first-order chi connectivity index (χ1) is 12.7. The summed E-state index contributed by atoms with van der Waals surface area (Å²) in [6.07, 6.45) is 1.54. The van der Waals surface area contributed by atoms with E-state index in [1.807, 2.05) is 34.1 Å². The van der Waals surface area contributed by atoms with Crippen LogP contribution in [0.15, 0.2) is 29.3 Å². The molecule has 0 saturated carbocycles. The monoisotopic (exact) mass is 392 g/mol. The van der Waals surface area contributed by atoms with Gasteiger partial charge < -0.3 is 15.1 Å². The van der Waals surface area contributed by atoms with Gasteiger partial charge in [0.1, 0.15) is 0 Å². The van der Waals surface area contributed by atoms with Gasteiger partial charge in [0.15, 0.2) is 15.8 Å². The Morgan fingerprint density at radius 2 is 1.93 bits per heavy atom. The van der Waals surface area contributed by atoms with Crippen molar-refractivity contribution >= 4 is 27.4 Å². The van der Waals surface area contributed by atoms with Crippen LogP contribution in [-0.4, -0.2) is 62.4 Å². The maximum Gasteiger partial charge on any atom is 0.227 e. The minimum atomic E-state index is -3.08. The molecular formula is C19H28N4O3S. The van der Waals surface area contributed by atoms with Gasteiger partial charge in [0.2, 0.25) is 5.91 Å². The largest absolute Gasteiger partial charge is 0.352 e. The Morgan fingerprint density at radius 1 is 1.22 bits per heavy atom. The number of hydrogen-bond donors (Lipinski definition) is 1. The summed E-state index contributed by atoms with van der Waals surface area (Å²) in [6.45, 7) is 5.77. The van der Waals surface area contributed by atoms with Crippen molar-refractivity contribution in [2.45, 2.75) is 38.0 Å². The van der Waals surface area contributed by atoms with E-state index in [0.717, 1.165) is 24.2 Å². The van der Waals surface area contributed by atoms with Crippen molar-refractivity contribution in [3.8, 4) is 0 Å². The van der Waals surface area contributed by atoms with Crippen LogP contribution < -0.4 is 10.2 Å². The lowest BCUT2D eigenvalue weighted by atomic mass is 10.2. The number of amides is 1. The van der Waals surface area contributed by atoms with E-state index in [2.05, 4.69) is 10.3 Å². The highest BCUT2D eigenvalue weighted by Gasteiger charge is 2.40. The Hall–Kier alpha value is -2.09. The number of guanidine groups is 1. The minimum Gasteiger partial charge on any atom is -0.352 e. The first kappa shape index (κ1) is 19.7. The number of nitrogens with one attached hydrogen (secondary N) is 1. The third-order valence-corrected chi connectivity index (χ3v) is 7.86. The number of sulfone groups is 1. The maximum absolute atomic E-state index is 12.2. The molecule has 2 saturated heterocycles. The van der Waals surface area contributed by atoms with Crippen LogP contribution in [0.1, 0.15) is 32.3 Å². The van der Waals surface area contributed by atoms with Crippen LogP contribution in [0, 0.1) is 0 Å². The molecule has 3 rings (SSSR count). The second-order valence-electron chi connectivity index (χ2n) is 7.72. The van der Waals surface area contributed by atoms with Gasteiger partial charge in [-0.25, -0.2) is 8.42 Å². The zero-order valence-electron chi connectivity index (χ0n) is 16.2. The molecule has 0 aliphatic carbocycles. The standard InChI is InChI=1S/C19H28N4O3S/c1-19(2)14-22(11-12-27(19,25)26)18(20-3)21-13-15-6-8-16(9-7-15)23-10-4-5-17(23)24/h6-9H,4-5,10-14H2,1-3H3,(H,20,21). The minimum absolute atomic E-state index is 0.138. The average Bonchev–Trinajstić information content (AvgIpc) is 3.05. The van der Waals surface area contributed by atoms with Gasteiger partial charge in [-0.1, -0.05) is 12.1 Å². The quantitative estimate of drug-likeness (QED) is 0.621. The zero-order chi connectivity index (χ0) is 19.7. The predicted molar refractivity (Wildman–Crippen MR) is 108 cm³/mol. The lowest BCUT2D eigenvalue weighted by Gasteiger charge is -2.39. The smallest absolute Gasteiger partial charge is 0.227 e. The van der Waals surface area contributed by atoms with E-state index in [1.54, 1.807) is 20.9 Å². The molecule has 1 aromatic rings. The first-order valence-corrected chi connectivity index (χ1v) is 11.0. The van der Waals surface area contributed by atoms with Crippen LogP contribution in [-0.2, 0) is 21.2 Å². The molecule has 1 amide bonds. The SMILES string of the molecule is CN=C(NCc1ccc(N2CCCC2=O)cc1)N1CCS(=O)(=O)C(C)(C)C1. The third kappa shape index (κ3) is 4.10. The molecule has 1 N–H and O–H groups in total. The van der Waals surface area contributed by atoms with E-state index in [4.69, 9.17) is 0 Å². The number of benzene rings is 1. The maximum atomic E-state index is 12.2. The van der Waals surface area contributed by atoms with Gasteiger partial charge in [-0.3, -0.25) is 9.79 Å². The molecule has 0 atom stereocenters. The van der Waals surface area contributed by atoms with Gasteiger partial charge in [0, 0.05) is 45.3 Å². The molecule has 148 valence electrons. The molecule has 0 unspecified atom stereocenters. The molecule has 8 heteroatoms. The van der Waals surface area contributed by atoms with Crippen LogP contribution >= 0.6 is 0 Å². The summed E-state index contributed by atoms with van der Waals surface area (Å²) in [5.41, 5.74) is 2.02. The summed E-state index contributed by atoms with van der Waals surface area (Å²) in [5, 5.41) is 3.32. The summed E-state index contributed by atoms with van der Waals surface area (Å²) in [7, 11) is -1.37. The van der Waals surface area contributed by atoms with Gasteiger partial charge in [-0.05, 0) is 38.0 Å². The van der Waals surface area contributed by atoms with Crippen molar-refractivity contribution in [1.82, 2.24) is 10.2 Å². The second kappa shape index (κ2) is 7.50. The van der Waals surface area contributed by atoms with Crippen molar-refractivity contribution in [3.63, 3.8) is 0 Å². The average molecular weight is 393 g/mol. The van der Waals surface area contributed by atoms with Crippen molar-refractivity contribution < 1.29 is 13.2 Å². The molecule has 0 aromatic heterocycles. The highest BCUT2D eigenvalue weighted by Crippen LogP contribution is 2.24. The van der Waals surface area contributed by atoms with Crippen molar-refractivity contribution in [2.24, 2.45) is 4.99 Å². The Morgan fingerprint density at radius 3 is 2.48 bits per heavy atom. The Kier molecular flexibility index (Phi) is 5.46. The Labute approximate surface area is 161 Å². The van der Waals surface area contributed by atoms with Crippen LogP contribution in [0.2, 0.25) is 0 Å². The second-order valence-corrected chi connectivity index (χ2v) is 10.5. The molecule has 2 fully saturated rings. The number of carbonyl (C=O) groups is 1. The predicted octanol–water partition coefficient (Wildman–Crippen LogP) is 1.40. The van der Waals surface area contributed by atoms with E-state index in [0.29, 0.717) is 32.0 Å². The van der Waals surface area contributed by atoms with Gasteiger partial charge in [-0.2, -0.15) is 0 Å². The number of rotatable bonds is 3. The summed E-state index contributed by atoms with van der Waals surface area (Å²) in [5.74, 6) is 1.03. The highest BCUT2D eigenvalue weighted by atomic mass is 32.2. The topological polar surface area (TPSA) is 82.1 Å². The Balaban J connectivity index is 1.61. The summed E-state index contributed by atoms with van der Waals surface area (Å²) < 4.78 is 23.6. The molecule has 0 bridgehead atoms. The molecule has 2 aliphatic rings. The molecule has 2 heterocycles. The fraction of sp³-hybridized carbons (Fsp3) is 0.579. The molecule has 2 aliphatic heterocycles. The van der Waals surface area contributed by atoms with Gasteiger partial charge >= 0.3 is 0 Å². The van der Waals surface area contributed by atoms with E-state index >= 15 is 0 Å². The Bertz CT molecular complexity index is 831. The molecule has 1 aromatic carbocycles. The lowest BCUT2D eigenvalue weighted by Crippen LogP contribution is -2.57. The molecule has 7 nitrogen and oxygen atoms in total. The third-order valence-electron chi connectivity index (χ3n) is 5.33. The lowest BCUT2D eigenvalue weighted by molar-refractivity contribution is -0.117. The van der Waals surface area contributed by atoms with Crippen LogP contribution in [0.3, 0.4) is 0 Å². The molecule has 27 heavy (non-hydrogen) atoms. The number of nitrogens with zero attached hydrogens (tertiary/aromatic N) is 3. The van der Waals surface area contributed by atoms with Crippen LogP contribution in [0.5, 0.6) is 0 Å². The van der Waals surface area contributed by atoms with E-state index in [9.17, 15) is 13.2 Å². The van der Waals surface area contributed by atoms with Gasteiger partial charge in [0.05, 0.1) is 10.5 Å². The zero-order valence-corrected chi connectivity index (χ0v) is 17.1. The molecular weight excluding hydrogens is 364 g/mol. The van der Waals surface area contributed by atoms with Gasteiger partial charge in [0.25, 0.3) is 0 Å². The first-order valence-electron chi connectivity index (χ1n) is 9.31. The van der Waals surface area contributed by atoms with Crippen molar-refractivity contribution in [1.29, 1.82) is 0 Å². The summed E-state index contributed by atoms with van der Waals surface area (Å²) >= 11 is 0. The van der Waals surface area contributed by atoms with Crippen molar-refractivity contribution in [3.05, 3.63) is 29.8 Å². The summed E-state index contributed by atoms with van der Waals surface area (Å²) in [4.78, 5) is 20.0. The highest BCUT2D eigenvalue weighted by molar-refractivity contribution is 7.92. The van der Waals surface area contributed by atoms with Crippen molar-refractivity contribution in [2.75, 3.05) is 37.3 Å². The van der Waals surface area contributed by atoms with E-state index in [1.165, 1.54) is 0 Å². The number of carbonyl (C=O) groups excluding carboxylic acids is 1. The fourth-order valence-corrected chi connectivity index (χ4v) is 4.92. The number of hydrogen-bond acceptors (Lipinski definition) is 4. The normalized spacial score (nSPS) is 22.2. The summed E-state index contributed by atoms with van der Waals surface area (Å²) in [6, 6.07) is 7.96. The van der Waals surface area contributed by atoms with Crippen LogP contribution in [0.4, 0.5) is 5.69 Å². The molecule has 0 spiro atoms. The van der Waals surface area contributed by atoms with Gasteiger partial charge in [-0.15, -0.1) is 0 Å². The fourth-order valence-electron chi connectivity index (χ4n) is 3.55. The van der Waals surface area contributed by atoms with E-state index in [-0.39, 0.29) is 11.7 Å². The number of anilines is 1. The van der Waals surface area contributed by atoms with Crippen LogP contribution in [0.25, 0.3) is 0 Å². The number of aliphatic imine (C=N–C) groups is 1. The van der Waals surface area contributed by atoms with E-state index < -0.39 is 14.6 Å².